The van der Waals surface area contributed by atoms with E-state index in [0.717, 1.165) is 5.56 Å². The van der Waals surface area contributed by atoms with Crippen molar-refractivity contribution in [3.05, 3.63) is 28.3 Å². The number of rotatable bonds is 2. The molecule has 0 bridgehead atoms. The number of hydrogen-bond donors (Lipinski definition) is 1. The molecule has 1 aromatic rings. The summed E-state index contributed by atoms with van der Waals surface area (Å²) in [6.07, 6.45) is 0. The maximum absolute atomic E-state index is 10.8. The molecule has 0 spiro atoms. The summed E-state index contributed by atoms with van der Waals surface area (Å²) in [5.41, 5.74) is 6.26. The van der Waals surface area contributed by atoms with Crippen LogP contribution in [-0.2, 0) is 0 Å². The number of carbonyl (C=O) groups is 1. The van der Waals surface area contributed by atoms with Gasteiger partial charge in [0.25, 0.3) is 0 Å². The summed E-state index contributed by atoms with van der Waals surface area (Å²) in [6.45, 7) is 1.81. The molecule has 1 rings (SSSR count). The molecule has 0 aromatic heterocycles. The molecule has 0 aliphatic heterocycles. The molecule has 0 heterocycles. The summed E-state index contributed by atoms with van der Waals surface area (Å²) >= 11 is 5.85. The third kappa shape index (κ3) is 1.92. The van der Waals surface area contributed by atoms with Gasteiger partial charge >= 0.3 is 0 Å². The highest BCUT2D eigenvalue weighted by Crippen LogP contribution is 2.27. The summed E-state index contributed by atoms with van der Waals surface area (Å²) in [5, 5.41) is 0.480. The van der Waals surface area contributed by atoms with Crippen molar-refractivity contribution in [3.8, 4) is 5.75 Å². The zero-order valence-electron chi connectivity index (χ0n) is 7.43. The van der Waals surface area contributed by atoms with E-state index in [2.05, 4.69) is 0 Å². The normalized spacial score (nSPS) is 9.77. The molecule has 1 amide bonds. The van der Waals surface area contributed by atoms with Crippen LogP contribution in [0, 0.1) is 6.92 Å². The fraction of sp³-hybridized carbons (Fsp3) is 0.222. The summed E-state index contributed by atoms with van der Waals surface area (Å²) in [7, 11) is 1.52. The van der Waals surface area contributed by atoms with E-state index in [0.29, 0.717) is 16.3 Å². The van der Waals surface area contributed by atoms with Crippen molar-refractivity contribution in [2.75, 3.05) is 7.11 Å². The lowest BCUT2D eigenvalue weighted by atomic mass is 10.1. The van der Waals surface area contributed by atoms with Gasteiger partial charge in [0.15, 0.2) is 0 Å². The molecule has 4 heteroatoms. The van der Waals surface area contributed by atoms with E-state index in [9.17, 15) is 4.79 Å². The van der Waals surface area contributed by atoms with Gasteiger partial charge in [0.05, 0.1) is 7.11 Å². The van der Waals surface area contributed by atoms with Crippen LogP contribution in [0.1, 0.15) is 15.9 Å². The average molecular weight is 200 g/mol. The van der Waals surface area contributed by atoms with Crippen molar-refractivity contribution in [2.45, 2.75) is 6.92 Å². The van der Waals surface area contributed by atoms with Crippen LogP contribution in [0.15, 0.2) is 12.1 Å². The van der Waals surface area contributed by atoms with Gasteiger partial charge in [-0.05, 0) is 19.1 Å². The molecule has 0 unspecified atom stereocenters. The van der Waals surface area contributed by atoms with Gasteiger partial charge < -0.3 is 10.5 Å². The minimum absolute atomic E-state index is 0.354. The van der Waals surface area contributed by atoms with Crippen LogP contribution in [-0.4, -0.2) is 13.0 Å². The monoisotopic (exact) mass is 199 g/mol. The lowest BCUT2D eigenvalue weighted by Gasteiger charge is -2.07. The summed E-state index contributed by atoms with van der Waals surface area (Å²) in [4.78, 5) is 10.8. The zero-order chi connectivity index (χ0) is 10.0. The number of methoxy groups -OCH3 is 1. The Kier molecular flexibility index (Phi) is 2.78. The van der Waals surface area contributed by atoms with E-state index in [1.807, 2.05) is 6.92 Å². The maximum Gasteiger partial charge on any atom is 0.248 e. The Hall–Kier alpha value is -1.22. The Morgan fingerprint density at radius 3 is 2.62 bits per heavy atom. The van der Waals surface area contributed by atoms with Crippen LogP contribution in [0.4, 0.5) is 0 Å². The van der Waals surface area contributed by atoms with Gasteiger partial charge in [0.2, 0.25) is 5.91 Å². The molecular weight excluding hydrogens is 190 g/mol. The second kappa shape index (κ2) is 3.66. The molecule has 70 valence electrons. The first-order valence-corrected chi connectivity index (χ1v) is 4.08. The van der Waals surface area contributed by atoms with Gasteiger partial charge in [-0.2, -0.15) is 0 Å². The summed E-state index contributed by atoms with van der Waals surface area (Å²) < 4.78 is 5.02. The first-order chi connectivity index (χ1) is 6.06. The SMILES string of the molecule is COc1cc(C(N)=O)cc(Cl)c1C. The van der Waals surface area contributed by atoms with Crippen LogP contribution in [0.2, 0.25) is 5.02 Å². The molecule has 0 saturated carbocycles. The van der Waals surface area contributed by atoms with E-state index < -0.39 is 5.91 Å². The number of amides is 1. The van der Waals surface area contributed by atoms with Crippen molar-refractivity contribution in [2.24, 2.45) is 5.73 Å². The maximum atomic E-state index is 10.8. The van der Waals surface area contributed by atoms with Crippen molar-refractivity contribution in [1.29, 1.82) is 0 Å². The highest BCUT2D eigenvalue weighted by molar-refractivity contribution is 6.32. The van der Waals surface area contributed by atoms with Crippen LogP contribution in [0.3, 0.4) is 0 Å². The Balaban J connectivity index is 3.30. The number of benzene rings is 1. The molecule has 13 heavy (non-hydrogen) atoms. The largest absolute Gasteiger partial charge is 0.496 e. The molecule has 0 fully saturated rings. The molecule has 0 atom stereocenters. The van der Waals surface area contributed by atoms with E-state index in [1.54, 1.807) is 6.07 Å². The van der Waals surface area contributed by atoms with Gasteiger partial charge in [0.1, 0.15) is 5.75 Å². The number of carbonyl (C=O) groups excluding carboxylic acids is 1. The number of nitrogens with two attached hydrogens (primary N) is 1. The van der Waals surface area contributed by atoms with Crippen molar-refractivity contribution < 1.29 is 9.53 Å². The Bertz CT molecular complexity index is 350. The molecule has 0 radical (unpaired) electrons. The predicted octanol–water partition coefficient (Wildman–Crippen LogP) is 1.76. The van der Waals surface area contributed by atoms with Crippen LogP contribution < -0.4 is 10.5 Å². The molecule has 0 aliphatic carbocycles. The third-order valence-corrected chi connectivity index (χ3v) is 2.19. The number of primary amides is 1. The molecule has 0 aliphatic rings. The Labute approximate surface area is 81.4 Å². The first-order valence-electron chi connectivity index (χ1n) is 3.70. The van der Waals surface area contributed by atoms with Gasteiger partial charge in [-0.1, -0.05) is 11.6 Å². The first kappa shape index (κ1) is 9.86. The summed E-state index contributed by atoms with van der Waals surface area (Å²) in [6, 6.07) is 3.10. The standard InChI is InChI=1S/C9H10ClNO2/c1-5-7(10)3-6(9(11)12)4-8(5)13-2/h3-4H,1-2H3,(H2,11,12). The van der Waals surface area contributed by atoms with E-state index in [1.165, 1.54) is 13.2 Å². The second-order valence-corrected chi connectivity index (χ2v) is 3.06. The second-order valence-electron chi connectivity index (χ2n) is 2.65. The third-order valence-electron chi connectivity index (χ3n) is 1.80. The van der Waals surface area contributed by atoms with E-state index in [4.69, 9.17) is 22.1 Å². The number of halogens is 1. The van der Waals surface area contributed by atoms with Crippen LogP contribution in [0.5, 0.6) is 5.75 Å². The van der Waals surface area contributed by atoms with Crippen molar-refractivity contribution in [3.63, 3.8) is 0 Å². The van der Waals surface area contributed by atoms with Crippen molar-refractivity contribution in [1.82, 2.24) is 0 Å². The van der Waals surface area contributed by atoms with Gasteiger partial charge in [-0.3, -0.25) is 4.79 Å². The molecular formula is C9H10ClNO2. The zero-order valence-corrected chi connectivity index (χ0v) is 8.18. The number of hydrogen-bond acceptors (Lipinski definition) is 2. The summed E-state index contributed by atoms with van der Waals surface area (Å²) in [5.74, 6) is 0.0569. The Morgan fingerprint density at radius 2 is 2.15 bits per heavy atom. The molecule has 0 saturated heterocycles. The fourth-order valence-corrected chi connectivity index (χ4v) is 1.22. The minimum Gasteiger partial charge on any atom is -0.496 e. The van der Waals surface area contributed by atoms with Crippen molar-refractivity contribution >= 4 is 17.5 Å². The van der Waals surface area contributed by atoms with Crippen LogP contribution >= 0.6 is 11.6 Å². The van der Waals surface area contributed by atoms with Gasteiger partial charge in [-0.15, -0.1) is 0 Å². The molecule has 2 N–H and O–H groups in total. The molecule has 1 aromatic carbocycles. The highest BCUT2D eigenvalue weighted by Gasteiger charge is 2.08. The van der Waals surface area contributed by atoms with Gasteiger partial charge in [0, 0.05) is 16.1 Å². The quantitative estimate of drug-likeness (QED) is 0.789. The van der Waals surface area contributed by atoms with Crippen LogP contribution in [0.25, 0.3) is 0 Å². The minimum atomic E-state index is -0.514. The van der Waals surface area contributed by atoms with Gasteiger partial charge in [-0.25, -0.2) is 0 Å². The highest BCUT2D eigenvalue weighted by atomic mass is 35.5. The smallest absolute Gasteiger partial charge is 0.248 e. The lowest BCUT2D eigenvalue weighted by molar-refractivity contribution is 0.1000. The molecule has 3 nitrogen and oxygen atoms in total. The average Bonchev–Trinajstić information content (AvgIpc) is 2.09. The topological polar surface area (TPSA) is 52.3 Å². The van der Waals surface area contributed by atoms with E-state index in [-0.39, 0.29) is 0 Å². The Morgan fingerprint density at radius 1 is 1.54 bits per heavy atom. The predicted molar refractivity (Wildman–Crippen MR) is 51.3 cm³/mol. The lowest BCUT2D eigenvalue weighted by Crippen LogP contribution is -2.11. The fourth-order valence-electron chi connectivity index (χ4n) is 1.01. The number of ether oxygens (including phenoxy) is 1. The van der Waals surface area contributed by atoms with E-state index >= 15 is 0 Å².